The molecule has 0 saturated heterocycles. The predicted octanol–water partition coefficient (Wildman–Crippen LogP) is 3.46. The molecule has 0 aliphatic carbocycles. The topological polar surface area (TPSA) is 48.1 Å². The van der Waals surface area contributed by atoms with Crippen molar-refractivity contribution in [2.45, 2.75) is 26.3 Å². The fourth-order valence-electron chi connectivity index (χ4n) is 1.67. The van der Waals surface area contributed by atoms with E-state index in [1.807, 2.05) is 30.3 Å². The highest BCUT2D eigenvalue weighted by Crippen LogP contribution is 2.22. The third kappa shape index (κ3) is 3.08. The van der Waals surface area contributed by atoms with E-state index in [0.29, 0.717) is 18.3 Å². The standard InChI is InChI=1S/C15H18N2O/c1-11(2)12-6-8-14(9-7-12)18-15-5-3-4-13(10-16)17-15/h3-9,11H,10,16H2,1-2H3. The van der Waals surface area contributed by atoms with Gasteiger partial charge in [0.25, 0.3) is 0 Å². The van der Waals surface area contributed by atoms with Gasteiger partial charge < -0.3 is 10.5 Å². The molecule has 0 amide bonds. The maximum atomic E-state index is 5.69. The monoisotopic (exact) mass is 242 g/mol. The molecule has 1 aromatic heterocycles. The van der Waals surface area contributed by atoms with Crippen molar-refractivity contribution in [2.75, 3.05) is 0 Å². The maximum Gasteiger partial charge on any atom is 0.219 e. The Bertz CT molecular complexity index is 506. The van der Waals surface area contributed by atoms with Crippen LogP contribution in [0.4, 0.5) is 0 Å². The number of benzene rings is 1. The molecular formula is C15H18N2O. The molecule has 3 nitrogen and oxygen atoms in total. The van der Waals surface area contributed by atoms with Crippen LogP contribution in [0.1, 0.15) is 31.0 Å². The fraction of sp³-hybridized carbons (Fsp3) is 0.267. The molecule has 1 aromatic carbocycles. The van der Waals surface area contributed by atoms with Gasteiger partial charge in [-0.05, 0) is 29.7 Å². The van der Waals surface area contributed by atoms with Crippen LogP contribution >= 0.6 is 0 Å². The second-order valence-electron chi connectivity index (χ2n) is 4.50. The summed E-state index contributed by atoms with van der Waals surface area (Å²) in [4.78, 5) is 4.30. The van der Waals surface area contributed by atoms with Crippen molar-refractivity contribution < 1.29 is 4.74 Å². The number of hydrogen-bond acceptors (Lipinski definition) is 3. The Hall–Kier alpha value is -1.87. The lowest BCUT2D eigenvalue weighted by atomic mass is 10.0. The molecule has 2 N–H and O–H groups in total. The van der Waals surface area contributed by atoms with Crippen LogP contribution in [0.5, 0.6) is 11.6 Å². The molecule has 0 bridgehead atoms. The van der Waals surface area contributed by atoms with Crippen molar-refractivity contribution in [3.63, 3.8) is 0 Å². The van der Waals surface area contributed by atoms with Gasteiger partial charge in [0, 0.05) is 12.6 Å². The Balaban J connectivity index is 2.13. The molecule has 0 spiro atoms. The summed E-state index contributed by atoms with van der Waals surface area (Å²) >= 11 is 0. The second kappa shape index (κ2) is 5.65. The van der Waals surface area contributed by atoms with E-state index in [4.69, 9.17) is 10.5 Å². The lowest BCUT2D eigenvalue weighted by Gasteiger charge is -2.08. The van der Waals surface area contributed by atoms with Crippen LogP contribution in [0.2, 0.25) is 0 Å². The van der Waals surface area contributed by atoms with Gasteiger partial charge in [-0.2, -0.15) is 0 Å². The number of hydrogen-bond donors (Lipinski definition) is 1. The van der Waals surface area contributed by atoms with E-state index in [0.717, 1.165) is 11.4 Å². The minimum Gasteiger partial charge on any atom is -0.439 e. The molecule has 0 atom stereocenters. The van der Waals surface area contributed by atoms with E-state index in [-0.39, 0.29) is 0 Å². The average Bonchev–Trinajstić information content (AvgIpc) is 2.39. The minimum absolute atomic E-state index is 0.420. The predicted molar refractivity (Wildman–Crippen MR) is 72.7 cm³/mol. The minimum atomic E-state index is 0.420. The number of nitrogens with zero attached hydrogens (tertiary/aromatic N) is 1. The van der Waals surface area contributed by atoms with E-state index in [1.54, 1.807) is 0 Å². The Morgan fingerprint density at radius 2 is 1.83 bits per heavy atom. The molecule has 18 heavy (non-hydrogen) atoms. The summed E-state index contributed by atoms with van der Waals surface area (Å²) in [5.74, 6) is 1.90. The van der Waals surface area contributed by atoms with Gasteiger partial charge in [0.1, 0.15) is 5.75 Å². The third-order valence-corrected chi connectivity index (χ3v) is 2.76. The first-order chi connectivity index (χ1) is 8.69. The Labute approximate surface area is 108 Å². The fourth-order valence-corrected chi connectivity index (χ4v) is 1.67. The second-order valence-corrected chi connectivity index (χ2v) is 4.50. The molecule has 2 aromatic rings. The van der Waals surface area contributed by atoms with Gasteiger partial charge in [-0.15, -0.1) is 0 Å². The van der Waals surface area contributed by atoms with Crippen LogP contribution in [0.3, 0.4) is 0 Å². The van der Waals surface area contributed by atoms with Crippen molar-refractivity contribution in [3.05, 3.63) is 53.7 Å². The van der Waals surface area contributed by atoms with Crippen molar-refractivity contribution in [3.8, 4) is 11.6 Å². The van der Waals surface area contributed by atoms with Crippen LogP contribution < -0.4 is 10.5 Å². The summed E-state index contributed by atoms with van der Waals surface area (Å²) in [7, 11) is 0. The zero-order chi connectivity index (χ0) is 13.0. The first kappa shape index (κ1) is 12.6. The molecule has 2 rings (SSSR count). The molecule has 0 fully saturated rings. The summed E-state index contributed by atoms with van der Waals surface area (Å²) in [5.41, 5.74) is 7.67. The Morgan fingerprint density at radius 3 is 2.44 bits per heavy atom. The molecule has 0 aliphatic rings. The normalized spacial score (nSPS) is 10.7. The lowest BCUT2D eigenvalue weighted by molar-refractivity contribution is 0.460. The van der Waals surface area contributed by atoms with Gasteiger partial charge >= 0.3 is 0 Å². The molecule has 94 valence electrons. The number of nitrogens with two attached hydrogens (primary N) is 1. The molecule has 0 aliphatic heterocycles. The van der Waals surface area contributed by atoms with E-state index >= 15 is 0 Å². The number of ether oxygens (including phenoxy) is 1. The van der Waals surface area contributed by atoms with Crippen LogP contribution in [0.25, 0.3) is 0 Å². The summed E-state index contributed by atoms with van der Waals surface area (Å²) in [5, 5.41) is 0. The first-order valence-electron chi connectivity index (χ1n) is 6.13. The quantitative estimate of drug-likeness (QED) is 0.893. The van der Waals surface area contributed by atoms with Crippen LogP contribution in [0, 0.1) is 0 Å². The number of rotatable bonds is 4. The lowest BCUT2D eigenvalue weighted by Crippen LogP contribution is -2.00. The van der Waals surface area contributed by atoms with Crippen molar-refractivity contribution >= 4 is 0 Å². The van der Waals surface area contributed by atoms with E-state index in [9.17, 15) is 0 Å². The average molecular weight is 242 g/mol. The van der Waals surface area contributed by atoms with E-state index in [1.165, 1.54) is 5.56 Å². The molecule has 1 heterocycles. The van der Waals surface area contributed by atoms with Gasteiger partial charge in [0.15, 0.2) is 0 Å². The van der Waals surface area contributed by atoms with Crippen LogP contribution in [-0.2, 0) is 6.54 Å². The Morgan fingerprint density at radius 1 is 1.11 bits per heavy atom. The SMILES string of the molecule is CC(C)c1ccc(Oc2cccc(CN)n2)cc1. The van der Waals surface area contributed by atoms with Gasteiger partial charge in [0.2, 0.25) is 5.88 Å². The zero-order valence-electron chi connectivity index (χ0n) is 10.8. The van der Waals surface area contributed by atoms with Gasteiger partial charge in [-0.3, -0.25) is 0 Å². The van der Waals surface area contributed by atoms with E-state index < -0.39 is 0 Å². The van der Waals surface area contributed by atoms with Crippen molar-refractivity contribution in [1.82, 2.24) is 4.98 Å². The third-order valence-electron chi connectivity index (χ3n) is 2.76. The van der Waals surface area contributed by atoms with Crippen LogP contribution in [-0.4, -0.2) is 4.98 Å². The summed E-state index contributed by atoms with van der Waals surface area (Å²) in [6, 6.07) is 13.7. The Kier molecular flexibility index (Phi) is 3.95. The molecule has 3 heteroatoms. The van der Waals surface area contributed by atoms with Gasteiger partial charge in [-0.1, -0.05) is 32.0 Å². The number of aromatic nitrogens is 1. The highest BCUT2D eigenvalue weighted by atomic mass is 16.5. The van der Waals surface area contributed by atoms with Gasteiger partial charge in [-0.25, -0.2) is 4.98 Å². The highest BCUT2D eigenvalue weighted by Gasteiger charge is 2.02. The first-order valence-corrected chi connectivity index (χ1v) is 6.13. The van der Waals surface area contributed by atoms with E-state index in [2.05, 4.69) is 31.0 Å². The molecular weight excluding hydrogens is 224 g/mol. The zero-order valence-corrected chi connectivity index (χ0v) is 10.8. The summed E-state index contributed by atoms with van der Waals surface area (Å²) < 4.78 is 5.69. The van der Waals surface area contributed by atoms with Crippen LogP contribution in [0.15, 0.2) is 42.5 Å². The van der Waals surface area contributed by atoms with Gasteiger partial charge in [0.05, 0.1) is 5.69 Å². The number of pyridine rings is 1. The largest absolute Gasteiger partial charge is 0.439 e. The molecule has 0 saturated carbocycles. The smallest absolute Gasteiger partial charge is 0.219 e. The molecule has 0 unspecified atom stereocenters. The molecule has 0 radical (unpaired) electrons. The van der Waals surface area contributed by atoms with Crippen molar-refractivity contribution in [2.24, 2.45) is 5.73 Å². The van der Waals surface area contributed by atoms with Crippen molar-refractivity contribution in [1.29, 1.82) is 0 Å². The maximum absolute atomic E-state index is 5.69. The summed E-state index contributed by atoms with van der Waals surface area (Å²) in [6.07, 6.45) is 0. The summed E-state index contributed by atoms with van der Waals surface area (Å²) in [6.45, 7) is 4.76. The highest BCUT2D eigenvalue weighted by molar-refractivity contribution is 5.32.